The standard InChI is InChI=1S/C21H19BrFN3O2S/c22-15-3-6-17(7-4-15)29(27,28)25-12-9-21(10-13-25)20-2-1-11-26(20)19-8-5-16(23)14-18(19)24-21/h1-8,11,14,24H,9-10,12-13H2. The van der Waals surface area contributed by atoms with Gasteiger partial charge in [0, 0.05) is 29.5 Å². The van der Waals surface area contributed by atoms with Crippen LogP contribution in [0.5, 0.6) is 0 Å². The third-order valence-electron chi connectivity index (χ3n) is 5.86. The first-order valence-corrected chi connectivity index (χ1v) is 11.6. The lowest BCUT2D eigenvalue weighted by Crippen LogP contribution is -2.51. The Bertz CT molecular complexity index is 1180. The van der Waals surface area contributed by atoms with Crippen LogP contribution in [-0.4, -0.2) is 30.4 Å². The summed E-state index contributed by atoms with van der Waals surface area (Å²) in [5.74, 6) is -0.294. The number of rotatable bonds is 2. The van der Waals surface area contributed by atoms with Crippen molar-refractivity contribution in [1.82, 2.24) is 8.87 Å². The van der Waals surface area contributed by atoms with E-state index in [1.54, 1.807) is 30.3 Å². The molecule has 0 amide bonds. The monoisotopic (exact) mass is 475 g/mol. The Morgan fingerprint density at radius 2 is 1.76 bits per heavy atom. The number of aromatic nitrogens is 1. The molecule has 0 atom stereocenters. The molecule has 0 bridgehead atoms. The number of nitrogens with one attached hydrogen (secondary N) is 1. The van der Waals surface area contributed by atoms with E-state index in [0.29, 0.717) is 30.8 Å². The Morgan fingerprint density at radius 3 is 2.48 bits per heavy atom. The largest absolute Gasteiger partial charge is 0.372 e. The zero-order valence-corrected chi connectivity index (χ0v) is 17.9. The average Bonchev–Trinajstić information content (AvgIpc) is 3.20. The van der Waals surface area contributed by atoms with E-state index in [4.69, 9.17) is 0 Å². The van der Waals surface area contributed by atoms with E-state index < -0.39 is 15.6 Å². The lowest BCUT2D eigenvalue weighted by atomic mass is 9.83. The van der Waals surface area contributed by atoms with Crippen LogP contribution < -0.4 is 5.32 Å². The molecule has 29 heavy (non-hydrogen) atoms. The fourth-order valence-electron chi connectivity index (χ4n) is 4.37. The molecule has 2 aliphatic rings. The molecule has 2 aromatic carbocycles. The summed E-state index contributed by atoms with van der Waals surface area (Å²) in [6.45, 7) is 0.780. The smallest absolute Gasteiger partial charge is 0.243 e. The number of piperidine rings is 1. The highest BCUT2D eigenvalue weighted by Crippen LogP contribution is 2.44. The van der Waals surface area contributed by atoms with Gasteiger partial charge in [0.2, 0.25) is 10.0 Å². The number of hydrogen-bond donors (Lipinski definition) is 1. The van der Waals surface area contributed by atoms with Crippen LogP contribution in [0.3, 0.4) is 0 Å². The maximum absolute atomic E-state index is 13.8. The second kappa shape index (κ2) is 6.68. The van der Waals surface area contributed by atoms with E-state index in [9.17, 15) is 12.8 Å². The molecule has 1 N–H and O–H groups in total. The summed E-state index contributed by atoms with van der Waals surface area (Å²) >= 11 is 3.34. The predicted octanol–water partition coefficient (Wildman–Crippen LogP) is 4.48. The molecule has 1 fully saturated rings. The van der Waals surface area contributed by atoms with Crippen LogP contribution >= 0.6 is 15.9 Å². The number of sulfonamides is 1. The Kier molecular flexibility index (Phi) is 4.34. The van der Waals surface area contributed by atoms with Crippen LogP contribution in [0.15, 0.2) is 70.2 Å². The molecule has 0 radical (unpaired) electrons. The van der Waals surface area contributed by atoms with Crippen molar-refractivity contribution in [3.63, 3.8) is 0 Å². The topological polar surface area (TPSA) is 54.3 Å². The lowest BCUT2D eigenvalue weighted by Gasteiger charge is -2.45. The SMILES string of the molecule is O=S(=O)(c1ccc(Br)cc1)N1CCC2(CC1)Nc1cc(F)ccc1-n1cccc12. The van der Waals surface area contributed by atoms with E-state index >= 15 is 0 Å². The second-order valence-corrected chi connectivity index (χ2v) is 10.3. The van der Waals surface area contributed by atoms with Gasteiger partial charge in [0.1, 0.15) is 5.82 Å². The quantitative estimate of drug-likeness (QED) is 0.594. The molecule has 1 saturated heterocycles. The van der Waals surface area contributed by atoms with Gasteiger partial charge in [-0.05, 0) is 67.4 Å². The molecule has 1 spiro atoms. The number of halogens is 2. The van der Waals surface area contributed by atoms with Crippen LogP contribution in [0.4, 0.5) is 10.1 Å². The zero-order valence-electron chi connectivity index (χ0n) is 15.5. The third-order valence-corrected chi connectivity index (χ3v) is 8.30. The van der Waals surface area contributed by atoms with E-state index in [1.807, 2.05) is 12.3 Å². The molecule has 2 aliphatic heterocycles. The van der Waals surface area contributed by atoms with Gasteiger partial charge < -0.3 is 9.88 Å². The summed E-state index contributed by atoms with van der Waals surface area (Å²) in [4.78, 5) is 0.295. The van der Waals surface area contributed by atoms with Gasteiger partial charge in [-0.3, -0.25) is 0 Å². The van der Waals surface area contributed by atoms with Gasteiger partial charge in [-0.1, -0.05) is 15.9 Å². The minimum absolute atomic E-state index is 0.294. The fourth-order valence-corrected chi connectivity index (χ4v) is 6.07. The summed E-state index contributed by atoms with van der Waals surface area (Å²) in [7, 11) is -3.55. The number of benzene rings is 2. The number of fused-ring (bicyclic) bond motifs is 4. The molecule has 0 unspecified atom stereocenters. The van der Waals surface area contributed by atoms with Crippen molar-refractivity contribution < 1.29 is 12.8 Å². The van der Waals surface area contributed by atoms with Crippen LogP contribution in [0.2, 0.25) is 0 Å². The number of nitrogens with zero attached hydrogens (tertiary/aromatic N) is 2. The Morgan fingerprint density at radius 1 is 1.03 bits per heavy atom. The molecule has 5 rings (SSSR count). The van der Waals surface area contributed by atoms with Crippen LogP contribution in [0.25, 0.3) is 5.69 Å². The highest BCUT2D eigenvalue weighted by Gasteiger charge is 2.43. The Hall–Kier alpha value is -2.16. The molecular weight excluding hydrogens is 457 g/mol. The molecule has 0 saturated carbocycles. The van der Waals surface area contributed by atoms with Gasteiger partial charge in [-0.15, -0.1) is 0 Å². The van der Waals surface area contributed by atoms with E-state index in [-0.39, 0.29) is 5.82 Å². The lowest BCUT2D eigenvalue weighted by molar-refractivity contribution is 0.247. The van der Waals surface area contributed by atoms with E-state index in [2.05, 4.69) is 31.9 Å². The summed E-state index contributed by atoms with van der Waals surface area (Å²) in [5, 5.41) is 3.53. The molecule has 3 aromatic rings. The molecule has 0 aliphatic carbocycles. The first-order valence-electron chi connectivity index (χ1n) is 9.41. The van der Waals surface area contributed by atoms with Gasteiger partial charge in [0.05, 0.1) is 21.8 Å². The van der Waals surface area contributed by atoms with Crippen molar-refractivity contribution in [2.75, 3.05) is 18.4 Å². The third kappa shape index (κ3) is 3.01. The summed E-state index contributed by atoms with van der Waals surface area (Å²) in [6, 6.07) is 15.5. The Labute approximate surface area is 177 Å². The normalized spacial score (nSPS) is 18.1. The fraction of sp³-hybridized carbons (Fsp3) is 0.238. The molecule has 8 heteroatoms. The van der Waals surface area contributed by atoms with Crippen molar-refractivity contribution >= 4 is 31.6 Å². The predicted molar refractivity (Wildman–Crippen MR) is 113 cm³/mol. The maximum Gasteiger partial charge on any atom is 0.243 e. The molecule has 150 valence electrons. The van der Waals surface area contributed by atoms with Crippen molar-refractivity contribution in [1.29, 1.82) is 0 Å². The van der Waals surface area contributed by atoms with Crippen molar-refractivity contribution in [2.45, 2.75) is 23.3 Å². The van der Waals surface area contributed by atoms with Gasteiger partial charge in [-0.25, -0.2) is 12.8 Å². The minimum Gasteiger partial charge on any atom is -0.372 e. The minimum atomic E-state index is -3.55. The van der Waals surface area contributed by atoms with E-state index in [0.717, 1.165) is 21.5 Å². The van der Waals surface area contributed by atoms with Crippen LogP contribution in [0, 0.1) is 5.82 Å². The van der Waals surface area contributed by atoms with Gasteiger partial charge in [-0.2, -0.15) is 4.31 Å². The van der Waals surface area contributed by atoms with Gasteiger partial charge in [0.25, 0.3) is 0 Å². The first-order chi connectivity index (χ1) is 13.9. The van der Waals surface area contributed by atoms with Crippen molar-refractivity contribution in [3.8, 4) is 5.69 Å². The molecular formula is C21H19BrFN3O2S. The highest BCUT2D eigenvalue weighted by molar-refractivity contribution is 9.10. The molecule has 1 aromatic heterocycles. The number of hydrogen-bond acceptors (Lipinski definition) is 3. The molecule has 3 heterocycles. The van der Waals surface area contributed by atoms with Crippen LogP contribution in [0.1, 0.15) is 18.5 Å². The molecule has 5 nitrogen and oxygen atoms in total. The summed E-state index contributed by atoms with van der Waals surface area (Å²) in [6.07, 6.45) is 3.17. The first kappa shape index (κ1) is 18.8. The van der Waals surface area contributed by atoms with Crippen molar-refractivity contribution in [2.24, 2.45) is 0 Å². The second-order valence-electron chi connectivity index (χ2n) is 7.49. The highest BCUT2D eigenvalue weighted by atomic mass is 79.9. The summed E-state index contributed by atoms with van der Waals surface area (Å²) in [5.41, 5.74) is 2.30. The van der Waals surface area contributed by atoms with Crippen molar-refractivity contribution in [3.05, 3.63) is 76.8 Å². The number of anilines is 1. The summed E-state index contributed by atoms with van der Waals surface area (Å²) < 4.78 is 44.4. The van der Waals surface area contributed by atoms with Gasteiger partial charge >= 0.3 is 0 Å². The Balaban J connectivity index is 1.45. The average molecular weight is 476 g/mol. The van der Waals surface area contributed by atoms with E-state index in [1.165, 1.54) is 16.4 Å². The zero-order chi connectivity index (χ0) is 20.2. The van der Waals surface area contributed by atoms with Gasteiger partial charge in [0.15, 0.2) is 0 Å². The van der Waals surface area contributed by atoms with Crippen LogP contribution in [-0.2, 0) is 15.6 Å². The maximum atomic E-state index is 13.8.